The maximum absolute atomic E-state index is 12.6. The number of non-ortho nitro benzene ring substituents is 1. The van der Waals surface area contributed by atoms with Gasteiger partial charge in [-0.3, -0.25) is 14.9 Å². The Hall–Kier alpha value is -3.16. The van der Waals surface area contributed by atoms with Crippen LogP contribution in [0.2, 0.25) is 0 Å². The lowest BCUT2D eigenvalue weighted by molar-refractivity contribution is -0.384. The Labute approximate surface area is 168 Å². The minimum Gasteiger partial charge on any atom is -0.449 e. The lowest BCUT2D eigenvalue weighted by atomic mass is 9.94. The lowest BCUT2D eigenvalue weighted by Gasteiger charge is -2.32. The molecule has 1 aliphatic rings. The fraction of sp³-hybridized carbons (Fsp3) is 0.429. The Balaban J connectivity index is 1.62. The molecule has 1 atom stereocenters. The third-order valence-corrected chi connectivity index (χ3v) is 5.27. The summed E-state index contributed by atoms with van der Waals surface area (Å²) in [7, 11) is 1.75. The van der Waals surface area contributed by atoms with Crippen molar-refractivity contribution in [2.75, 3.05) is 7.05 Å². The summed E-state index contributed by atoms with van der Waals surface area (Å²) in [5.41, 5.74) is 0.560. The molecule has 8 heteroatoms. The number of esters is 1. The minimum absolute atomic E-state index is 0.0293. The van der Waals surface area contributed by atoms with E-state index in [2.05, 4.69) is 0 Å². The molecule has 0 unspecified atom stereocenters. The fourth-order valence-electron chi connectivity index (χ4n) is 3.55. The van der Waals surface area contributed by atoms with Crippen LogP contribution in [0.5, 0.6) is 0 Å². The van der Waals surface area contributed by atoms with Crippen LogP contribution in [0.3, 0.4) is 0 Å². The Morgan fingerprint density at radius 2 is 1.79 bits per heavy atom. The summed E-state index contributed by atoms with van der Waals surface area (Å²) in [4.78, 5) is 36.9. The summed E-state index contributed by atoms with van der Waals surface area (Å²) in [6.45, 7) is 1.56. The van der Waals surface area contributed by atoms with Gasteiger partial charge in [-0.15, -0.1) is 0 Å². The predicted octanol–water partition coefficient (Wildman–Crippen LogP) is 4.19. The van der Waals surface area contributed by atoms with Gasteiger partial charge in [0.2, 0.25) is 5.76 Å². The molecule has 1 aromatic carbocycles. The monoisotopic (exact) mass is 400 g/mol. The molecule has 0 saturated heterocycles. The summed E-state index contributed by atoms with van der Waals surface area (Å²) in [6.07, 6.45) is 4.43. The molecule has 1 aliphatic carbocycles. The highest BCUT2D eigenvalue weighted by molar-refractivity contribution is 5.90. The Morgan fingerprint density at radius 3 is 2.41 bits per heavy atom. The van der Waals surface area contributed by atoms with Crippen molar-refractivity contribution in [2.45, 2.75) is 51.2 Å². The standard InChI is InChI=1S/C21H24N2O6/c1-14(20(24)22(2)16-6-4-3-5-7-16)28-21(25)19-13-12-18(29-19)15-8-10-17(11-9-15)23(26)27/h8-14,16H,3-7H2,1-2H3/t14-/m1/s1. The first-order valence-electron chi connectivity index (χ1n) is 9.69. The number of rotatable bonds is 6. The van der Waals surface area contributed by atoms with E-state index in [4.69, 9.17) is 9.15 Å². The third-order valence-electron chi connectivity index (χ3n) is 5.27. The van der Waals surface area contributed by atoms with Gasteiger partial charge in [-0.2, -0.15) is 0 Å². The van der Waals surface area contributed by atoms with Gasteiger partial charge in [-0.1, -0.05) is 19.3 Å². The summed E-state index contributed by atoms with van der Waals surface area (Å²) in [5.74, 6) is -0.605. The molecule has 3 rings (SSSR count). The van der Waals surface area contributed by atoms with Crippen LogP contribution in [0, 0.1) is 10.1 Å². The topological polar surface area (TPSA) is 103 Å². The summed E-state index contributed by atoms with van der Waals surface area (Å²) >= 11 is 0. The van der Waals surface area contributed by atoms with Gasteiger partial charge in [0.15, 0.2) is 6.10 Å². The number of furan rings is 1. The molecule has 8 nitrogen and oxygen atoms in total. The van der Waals surface area contributed by atoms with E-state index in [0.29, 0.717) is 11.3 Å². The van der Waals surface area contributed by atoms with Crippen molar-refractivity contribution >= 4 is 17.6 Å². The number of ether oxygens (including phenoxy) is 1. The van der Waals surface area contributed by atoms with E-state index in [9.17, 15) is 19.7 Å². The van der Waals surface area contributed by atoms with Gasteiger partial charge in [0, 0.05) is 30.8 Å². The first-order chi connectivity index (χ1) is 13.9. The first kappa shape index (κ1) is 20.6. The average Bonchev–Trinajstić information content (AvgIpc) is 3.23. The van der Waals surface area contributed by atoms with E-state index in [1.807, 2.05) is 0 Å². The zero-order valence-electron chi connectivity index (χ0n) is 16.5. The summed E-state index contributed by atoms with van der Waals surface area (Å²) in [6, 6.07) is 9.03. The number of nitro groups is 1. The van der Waals surface area contributed by atoms with Gasteiger partial charge in [-0.25, -0.2) is 4.79 Å². The molecular weight excluding hydrogens is 376 g/mol. The molecule has 0 radical (unpaired) electrons. The highest BCUT2D eigenvalue weighted by Gasteiger charge is 2.28. The largest absolute Gasteiger partial charge is 0.449 e. The van der Waals surface area contributed by atoms with E-state index >= 15 is 0 Å². The lowest BCUT2D eigenvalue weighted by Crippen LogP contribution is -2.44. The first-order valence-corrected chi connectivity index (χ1v) is 9.69. The van der Waals surface area contributed by atoms with Crippen LogP contribution in [0.4, 0.5) is 5.69 Å². The highest BCUT2D eigenvalue weighted by Crippen LogP contribution is 2.26. The second-order valence-electron chi connectivity index (χ2n) is 7.26. The molecule has 1 amide bonds. The Bertz CT molecular complexity index is 883. The van der Waals surface area contributed by atoms with E-state index in [1.165, 1.54) is 36.8 Å². The molecule has 0 aliphatic heterocycles. The molecular formula is C21H24N2O6. The van der Waals surface area contributed by atoms with Crippen LogP contribution in [-0.2, 0) is 9.53 Å². The molecule has 154 valence electrons. The van der Waals surface area contributed by atoms with Crippen LogP contribution in [0.25, 0.3) is 11.3 Å². The van der Waals surface area contributed by atoms with E-state index in [0.717, 1.165) is 25.7 Å². The minimum atomic E-state index is -0.914. The van der Waals surface area contributed by atoms with E-state index in [1.54, 1.807) is 24.9 Å². The van der Waals surface area contributed by atoms with Crippen LogP contribution < -0.4 is 0 Å². The van der Waals surface area contributed by atoms with Gasteiger partial charge < -0.3 is 14.1 Å². The number of amides is 1. The molecule has 1 heterocycles. The van der Waals surface area contributed by atoms with Crippen molar-refractivity contribution in [2.24, 2.45) is 0 Å². The Morgan fingerprint density at radius 1 is 1.14 bits per heavy atom. The number of carbonyl (C=O) groups excluding carboxylic acids is 2. The van der Waals surface area contributed by atoms with Crippen LogP contribution in [0.15, 0.2) is 40.8 Å². The molecule has 1 aromatic heterocycles. The van der Waals surface area contributed by atoms with Crippen molar-refractivity contribution in [3.8, 4) is 11.3 Å². The molecule has 2 aromatic rings. The molecule has 0 bridgehead atoms. The van der Waals surface area contributed by atoms with Gasteiger partial charge in [0.1, 0.15) is 5.76 Å². The molecule has 29 heavy (non-hydrogen) atoms. The highest BCUT2D eigenvalue weighted by atomic mass is 16.6. The molecule has 0 spiro atoms. The maximum Gasteiger partial charge on any atom is 0.375 e. The molecule has 1 fully saturated rings. The third kappa shape index (κ3) is 4.82. The van der Waals surface area contributed by atoms with Crippen LogP contribution >= 0.6 is 0 Å². The number of likely N-dealkylation sites (N-methyl/N-ethyl adjacent to an activating group) is 1. The average molecular weight is 400 g/mol. The number of hydrogen-bond acceptors (Lipinski definition) is 6. The van der Waals surface area contributed by atoms with Crippen LogP contribution in [-0.4, -0.2) is 40.9 Å². The van der Waals surface area contributed by atoms with Crippen LogP contribution in [0.1, 0.15) is 49.6 Å². The molecule has 1 saturated carbocycles. The number of hydrogen-bond donors (Lipinski definition) is 0. The quantitative estimate of drug-likeness (QED) is 0.409. The maximum atomic E-state index is 12.6. The van der Waals surface area contributed by atoms with Gasteiger partial charge in [0.05, 0.1) is 4.92 Å². The van der Waals surface area contributed by atoms with Gasteiger partial charge in [0.25, 0.3) is 11.6 Å². The Kier molecular flexibility index (Phi) is 6.31. The van der Waals surface area contributed by atoms with E-state index in [-0.39, 0.29) is 23.4 Å². The number of carbonyl (C=O) groups is 2. The van der Waals surface area contributed by atoms with Gasteiger partial charge in [-0.05, 0) is 44.0 Å². The number of benzene rings is 1. The predicted molar refractivity (Wildman–Crippen MR) is 105 cm³/mol. The van der Waals surface area contributed by atoms with Crippen molar-refractivity contribution in [3.05, 3.63) is 52.3 Å². The summed E-state index contributed by atoms with van der Waals surface area (Å²) < 4.78 is 10.8. The van der Waals surface area contributed by atoms with Crippen molar-refractivity contribution in [1.29, 1.82) is 0 Å². The summed E-state index contributed by atoms with van der Waals surface area (Å²) in [5, 5.41) is 10.7. The van der Waals surface area contributed by atoms with E-state index < -0.39 is 17.0 Å². The smallest absolute Gasteiger partial charge is 0.375 e. The fourth-order valence-corrected chi connectivity index (χ4v) is 3.55. The second kappa shape index (κ2) is 8.89. The van der Waals surface area contributed by atoms with Gasteiger partial charge >= 0.3 is 5.97 Å². The molecule has 0 N–H and O–H groups in total. The van der Waals surface area contributed by atoms with Crippen molar-refractivity contribution in [3.63, 3.8) is 0 Å². The second-order valence-corrected chi connectivity index (χ2v) is 7.26. The van der Waals surface area contributed by atoms with Crippen molar-refractivity contribution < 1.29 is 23.7 Å². The van der Waals surface area contributed by atoms with Crippen molar-refractivity contribution in [1.82, 2.24) is 4.90 Å². The number of nitro benzene ring substituents is 1. The zero-order chi connectivity index (χ0) is 21.0. The normalized spacial score (nSPS) is 15.5. The number of nitrogens with zero attached hydrogens (tertiary/aromatic N) is 2. The zero-order valence-corrected chi connectivity index (χ0v) is 16.5. The SMILES string of the molecule is C[C@@H](OC(=O)c1ccc(-c2ccc([N+](=O)[O-])cc2)o1)C(=O)N(C)C1CCCCC1.